The quantitative estimate of drug-likeness (QED) is 0.907. The smallest absolute Gasteiger partial charge is 0.127 e. The van der Waals surface area contributed by atoms with Crippen LogP contribution in [0.3, 0.4) is 0 Å². The van der Waals surface area contributed by atoms with Gasteiger partial charge in [-0.3, -0.25) is 4.90 Å². The molecule has 0 aliphatic carbocycles. The van der Waals surface area contributed by atoms with Crippen LogP contribution < -0.4 is 10.1 Å². The molecule has 0 radical (unpaired) electrons. The second-order valence-corrected chi connectivity index (χ2v) is 6.53. The first kappa shape index (κ1) is 16.2. The molecule has 1 N–H and O–H groups in total. The SMILES string of the molecule is C1=C(CNc2ccccc2CN2CCOCC2)COc2ccccc21. The number of nitrogens with zero attached hydrogens (tertiary/aromatic N) is 1. The molecule has 2 aliphatic heterocycles. The molecule has 4 heteroatoms. The van der Waals surface area contributed by atoms with Crippen LogP contribution in [0.4, 0.5) is 5.69 Å². The number of hydrogen-bond donors (Lipinski definition) is 1. The van der Waals surface area contributed by atoms with Gasteiger partial charge in [-0.05, 0) is 29.3 Å². The van der Waals surface area contributed by atoms with Crippen molar-refractivity contribution in [1.29, 1.82) is 0 Å². The van der Waals surface area contributed by atoms with Crippen LogP contribution in [0.15, 0.2) is 54.1 Å². The number of benzene rings is 2. The van der Waals surface area contributed by atoms with E-state index in [4.69, 9.17) is 9.47 Å². The monoisotopic (exact) mass is 336 g/mol. The lowest BCUT2D eigenvalue weighted by Gasteiger charge is -2.27. The van der Waals surface area contributed by atoms with Crippen molar-refractivity contribution in [1.82, 2.24) is 4.90 Å². The zero-order chi connectivity index (χ0) is 16.9. The lowest BCUT2D eigenvalue weighted by Crippen LogP contribution is -2.35. The number of para-hydroxylation sites is 2. The van der Waals surface area contributed by atoms with Crippen molar-refractivity contribution in [3.05, 3.63) is 65.2 Å². The number of fused-ring (bicyclic) bond motifs is 1. The second-order valence-electron chi connectivity index (χ2n) is 6.53. The maximum Gasteiger partial charge on any atom is 0.127 e. The third-order valence-corrected chi connectivity index (χ3v) is 4.71. The van der Waals surface area contributed by atoms with Crippen LogP contribution in [0.25, 0.3) is 6.08 Å². The van der Waals surface area contributed by atoms with E-state index in [-0.39, 0.29) is 0 Å². The lowest BCUT2D eigenvalue weighted by atomic mass is 10.1. The second kappa shape index (κ2) is 7.72. The molecule has 4 nitrogen and oxygen atoms in total. The Morgan fingerprint density at radius 2 is 1.76 bits per heavy atom. The summed E-state index contributed by atoms with van der Waals surface area (Å²) in [6, 6.07) is 16.7. The Labute approximate surface area is 149 Å². The molecule has 0 aromatic heterocycles. The predicted molar refractivity (Wildman–Crippen MR) is 101 cm³/mol. The van der Waals surface area contributed by atoms with Crippen molar-refractivity contribution in [2.45, 2.75) is 6.54 Å². The van der Waals surface area contributed by atoms with Gasteiger partial charge in [0.1, 0.15) is 12.4 Å². The van der Waals surface area contributed by atoms with Crippen LogP contribution in [0.2, 0.25) is 0 Å². The molecule has 2 aliphatic rings. The summed E-state index contributed by atoms with van der Waals surface area (Å²) in [5.41, 5.74) is 4.96. The first-order chi connectivity index (χ1) is 12.4. The Morgan fingerprint density at radius 3 is 2.68 bits per heavy atom. The van der Waals surface area contributed by atoms with Gasteiger partial charge in [0.05, 0.1) is 13.2 Å². The molecule has 25 heavy (non-hydrogen) atoms. The van der Waals surface area contributed by atoms with Gasteiger partial charge in [-0.15, -0.1) is 0 Å². The Bertz CT molecular complexity index is 751. The van der Waals surface area contributed by atoms with Crippen LogP contribution >= 0.6 is 0 Å². The molecule has 0 atom stereocenters. The molecule has 2 aromatic rings. The number of rotatable bonds is 5. The number of ether oxygens (including phenoxy) is 2. The highest BCUT2D eigenvalue weighted by molar-refractivity contribution is 5.63. The summed E-state index contributed by atoms with van der Waals surface area (Å²) < 4.78 is 11.3. The minimum absolute atomic E-state index is 0.648. The van der Waals surface area contributed by atoms with E-state index in [2.05, 4.69) is 46.6 Å². The zero-order valence-electron chi connectivity index (χ0n) is 14.4. The van der Waals surface area contributed by atoms with E-state index in [0.717, 1.165) is 50.7 Å². The minimum atomic E-state index is 0.648. The van der Waals surface area contributed by atoms with Crippen LogP contribution in [0.1, 0.15) is 11.1 Å². The Balaban J connectivity index is 1.42. The van der Waals surface area contributed by atoms with E-state index in [0.29, 0.717) is 6.61 Å². The average molecular weight is 336 g/mol. The van der Waals surface area contributed by atoms with Gasteiger partial charge in [-0.1, -0.05) is 36.4 Å². The molecule has 1 saturated heterocycles. The maximum absolute atomic E-state index is 5.85. The summed E-state index contributed by atoms with van der Waals surface area (Å²) in [5.74, 6) is 0.971. The molecular weight excluding hydrogens is 312 g/mol. The highest BCUT2D eigenvalue weighted by Gasteiger charge is 2.14. The van der Waals surface area contributed by atoms with Crippen LogP contribution in [-0.2, 0) is 11.3 Å². The fourth-order valence-electron chi connectivity index (χ4n) is 3.30. The lowest BCUT2D eigenvalue weighted by molar-refractivity contribution is 0.0343. The van der Waals surface area contributed by atoms with E-state index in [1.54, 1.807) is 0 Å². The highest BCUT2D eigenvalue weighted by Crippen LogP contribution is 2.26. The predicted octanol–water partition coefficient (Wildman–Crippen LogP) is 3.41. The summed E-state index contributed by atoms with van der Waals surface area (Å²) in [6.45, 7) is 6.09. The van der Waals surface area contributed by atoms with Crippen LogP contribution in [0.5, 0.6) is 5.75 Å². The minimum Gasteiger partial charge on any atom is -0.489 e. The van der Waals surface area contributed by atoms with Gasteiger partial charge in [-0.25, -0.2) is 0 Å². The fourth-order valence-corrected chi connectivity index (χ4v) is 3.30. The molecule has 0 saturated carbocycles. The summed E-state index contributed by atoms with van der Waals surface area (Å²) in [6.07, 6.45) is 2.23. The van der Waals surface area contributed by atoms with E-state index >= 15 is 0 Å². The standard InChI is InChI=1S/C21H24N2O2/c1-3-7-20(19(6-1)15-23-9-11-24-12-10-23)22-14-17-13-18-5-2-4-8-21(18)25-16-17/h1-8,13,22H,9-12,14-16H2. The first-order valence-electron chi connectivity index (χ1n) is 8.92. The van der Waals surface area contributed by atoms with Crippen LogP contribution in [0, 0.1) is 0 Å². The van der Waals surface area contributed by atoms with E-state index in [1.165, 1.54) is 16.8 Å². The van der Waals surface area contributed by atoms with E-state index < -0.39 is 0 Å². The summed E-state index contributed by atoms with van der Waals surface area (Å²) >= 11 is 0. The van der Waals surface area contributed by atoms with Gasteiger partial charge < -0.3 is 14.8 Å². The van der Waals surface area contributed by atoms with Crippen molar-refractivity contribution in [2.24, 2.45) is 0 Å². The van der Waals surface area contributed by atoms with E-state index in [9.17, 15) is 0 Å². The largest absolute Gasteiger partial charge is 0.489 e. The van der Waals surface area contributed by atoms with Crippen molar-refractivity contribution < 1.29 is 9.47 Å². The van der Waals surface area contributed by atoms with Gasteiger partial charge in [0.2, 0.25) is 0 Å². The Morgan fingerprint density at radius 1 is 0.960 bits per heavy atom. The molecule has 1 fully saturated rings. The normalized spacial score (nSPS) is 17.4. The molecule has 0 amide bonds. The van der Waals surface area contributed by atoms with Gasteiger partial charge in [0.15, 0.2) is 0 Å². The first-order valence-corrected chi connectivity index (χ1v) is 8.92. The fraction of sp³-hybridized carbons (Fsp3) is 0.333. The molecular formula is C21H24N2O2. The average Bonchev–Trinajstić information content (AvgIpc) is 2.68. The topological polar surface area (TPSA) is 33.7 Å². The van der Waals surface area contributed by atoms with Gasteiger partial charge in [0.25, 0.3) is 0 Å². The molecule has 2 heterocycles. The third kappa shape index (κ3) is 4.03. The van der Waals surface area contributed by atoms with Gasteiger partial charge in [0, 0.05) is 37.4 Å². The van der Waals surface area contributed by atoms with Crippen molar-refractivity contribution >= 4 is 11.8 Å². The van der Waals surface area contributed by atoms with Gasteiger partial charge in [-0.2, -0.15) is 0 Å². The summed E-state index contributed by atoms with van der Waals surface area (Å²) in [7, 11) is 0. The highest BCUT2D eigenvalue weighted by atomic mass is 16.5. The Kier molecular flexibility index (Phi) is 5.00. The van der Waals surface area contributed by atoms with Crippen LogP contribution in [-0.4, -0.2) is 44.4 Å². The number of nitrogens with one attached hydrogen (secondary N) is 1. The Hall–Kier alpha value is -2.30. The van der Waals surface area contributed by atoms with Crippen molar-refractivity contribution in [3.8, 4) is 5.75 Å². The number of hydrogen-bond acceptors (Lipinski definition) is 4. The molecule has 0 bridgehead atoms. The summed E-state index contributed by atoms with van der Waals surface area (Å²) in [5, 5.41) is 3.60. The summed E-state index contributed by atoms with van der Waals surface area (Å²) in [4.78, 5) is 2.45. The number of morpholine rings is 1. The molecule has 2 aromatic carbocycles. The molecule has 0 spiro atoms. The van der Waals surface area contributed by atoms with Crippen molar-refractivity contribution in [3.63, 3.8) is 0 Å². The van der Waals surface area contributed by atoms with Gasteiger partial charge >= 0.3 is 0 Å². The maximum atomic E-state index is 5.85. The zero-order valence-corrected chi connectivity index (χ0v) is 14.4. The van der Waals surface area contributed by atoms with E-state index in [1.807, 2.05) is 18.2 Å². The third-order valence-electron chi connectivity index (χ3n) is 4.71. The molecule has 130 valence electrons. The number of anilines is 1. The molecule has 0 unspecified atom stereocenters. The molecule has 4 rings (SSSR count). The van der Waals surface area contributed by atoms with Crippen molar-refractivity contribution in [2.75, 3.05) is 44.8 Å².